The number of ether oxygens (including phenoxy) is 1. The maximum absolute atomic E-state index is 16.1. The zero-order valence-corrected chi connectivity index (χ0v) is 67.6. The van der Waals surface area contributed by atoms with Gasteiger partial charge in [-0.3, -0.25) is 33.6 Å². The number of carbonyl (C=O) groups is 8. The van der Waals surface area contributed by atoms with Crippen molar-refractivity contribution in [2.75, 3.05) is 34.9 Å². The molecule has 6 heterocycles. The van der Waals surface area contributed by atoms with E-state index in [-0.39, 0.29) is 94.7 Å². The summed E-state index contributed by atoms with van der Waals surface area (Å²) in [6.07, 6.45) is 28.0. The number of aromatic nitrogens is 6. The fourth-order valence-corrected chi connectivity index (χ4v) is 17.2. The van der Waals surface area contributed by atoms with Crippen molar-refractivity contribution in [2.24, 2.45) is 21.7 Å². The average molecular weight is 1630 g/mol. The number of methoxy groups -OCH3 is 1. The first-order chi connectivity index (χ1) is 53.7. The van der Waals surface area contributed by atoms with Crippen LogP contribution in [0.5, 0.6) is 0 Å². The Balaban J connectivity index is 0.00000591. The number of carbonyl (C=O) groups excluding carboxylic acids is 8. The van der Waals surface area contributed by atoms with Crippen LogP contribution in [0.2, 0.25) is 0 Å². The van der Waals surface area contributed by atoms with E-state index in [0.29, 0.717) is 131 Å². The number of hydrogen-bond donors (Lipinski definition) is 9. The number of fused-ring (bicyclic) bond motifs is 8. The van der Waals surface area contributed by atoms with Crippen LogP contribution in [0.15, 0.2) is 128 Å². The Kier molecular flexibility index (Phi) is 26.0. The number of H-pyrrole nitrogens is 3. The van der Waals surface area contributed by atoms with Crippen LogP contribution in [0.4, 0.5) is 22.7 Å². The Morgan fingerprint density at radius 1 is 0.460 bits per heavy atom. The maximum Gasteiger partial charge on any atom is 3.00 e. The molecule has 4 aliphatic carbocycles. The molecule has 8 aromatic rings. The van der Waals surface area contributed by atoms with Crippen molar-refractivity contribution in [3.63, 3.8) is 0 Å². The van der Waals surface area contributed by atoms with Crippen LogP contribution >= 0.6 is 0 Å². The summed E-state index contributed by atoms with van der Waals surface area (Å²) < 4.78 is 4.97. The third-order valence-electron chi connectivity index (χ3n) is 24.0. The van der Waals surface area contributed by atoms with Crippen molar-refractivity contribution >= 4 is 116 Å². The normalized spacial score (nSPS) is 16.7. The van der Waals surface area contributed by atoms with Crippen molar-refractivity contribution < 1.29 is 77.1 Å². The van der Waals surface area contributed by atoms with Crippen LogP contribution in [0.1, 0.15) is 214 Å². The molecule has 8 bridgehead atoms. The summed E-state index contributed by atoms with van der Waals surface area (Å²) in [4.78, 5) is 142. The number of esters is 1. The van der Waals surface area contributed by atoms with E-state index < -0.39 is 52.0 Å². The van der Waals surface area contributed by atoms with Crippen molar-refractivity contribution in [1.29, 1.82) is 0 Å². The summed E-state index contributed by atoms with van der Waals surface area (Å²) in [5, 5.41) is 18.9. The Labute approximate surface area is 680 Å². The summed E-state index contributed by atoms with van der Waals surface area (Å²) in [5.41, 5.74) is 9.08. The number of nitrogens with one attached hydrogen (secondary N) is 9. The fourth-order valence-electron chi connectivity index (χ4n) is 17.2. The monoisotopic (exact) mass is 1630 g/mol. The van der Waals surface area contributed by atoms with Crippen LogP contribution in [0.25, 0.3) is 90.9 Å². The molecule has 21 nitrogen and oxygen atoms in total. The molecule has 0 spiro atoms. The number of ketones is 1. The van der Waals surface area contributed by atoms with Gasteiger partial charge in [-0.1, -0.05) is 178 Å². The first kappa shape index (κ1) is 82.1. The molecule has 1 atom stereocenters. The molecule has 587 valence electrons. The summed E-state index contributed by atoms with van der Waals surface area (Å²) >= 11 is 0. The van der Waals surface area contributed by atoms with Gasteiger partial charge in [-0.05, 0) is 125 Å². The zero-order valence-electron chi connectivity index (χ0n) is 64.9. The van der Waals surface area contributed by atoms with E-state index in [1.165, 1.54) is 19.6 Å². The van der Waals surface area contributed by atoms with E-state index in [2.05, 4.69) is 58.8 Å². The van der Waals surface area contributed by atoms with Crippen LogP contribution in [-0.2, 0) is 61.8 Å². The van der Waals surface area contributed by atoms with E-state index >= 15 is 9.59 Å². The molecule has 4 aromatic heterocycles. The number of halogens is 1. The standard InChI is InChI=1S/C90H100N12O9.BrH.Fe/c1-87(43-18-6-19-44-87)83(107)99-62-31-14-10-27-57(62)77-66-37-38-67(94-66)78(58-28-11-15-32-63(58)100-84(108)88(2)45-20-7-21-46-88)69-41-42-71(96-69)80(60-30-13-17-34-65(60)102-86(110)90(4)49-24-9-25-50-90)81-61(74(103)35-26-36-75(104)92-54-76(105)97-73(82(106)111-5)51-56-53-91-55-93-56)52-72(98-81)79(70-40-39-68(77)95-70)59-29-12-16-33-64(59)101-85(109)89(3)47-22-8-23-48-89;;/h10-17,27-34,37-42,52-53,55,73,94,98H,6-9,18-26,35-36,43-51,54H2,1-5H3,(H,91,93)(H,92,104)(H,97,105)(H,99,107)(H,100,108)(H,101,109)(H,102,110);1H;/q;;+3/p-1. The predicted molar refractivity (Wildman–Crippen MR) is 437 cm³/mol. The van der Waals surface area contributed by atoms with Gasteiger partial charge in [-0.15, -0.1) is 0 Å². The second-order valence-electron chi connectivity index (χ2n) is 32.2. The number of anilines is 4. The molecule has 0 saturated heterocycles. The second-order valence-corrected chi connectivity index (χ2v) is 32.2. The summed E-state index contributed by atoms with van der Waals surface area (Å²) in [5.74, 6) is -2.57. The maximum atomic E-state index is 16.1. The molecule has 113 heavy (non-hydrogen) atoms. The quantitative estimate of drug-likeness (QED) is 0.0164. The molecule has 4 saturated carbocycles. The summed E-state index contributed by atoms with van der Waals surface area (Å²) in [6, 6.07) is 35.4. The van der Waals surface area contributed by atoms with Crippen LogP contribution in [0.3, 0.4) is 0 Å². The van der Waals surface area contributed by atoms with Crippen molar-refractivity contribution in [3.05, 3.63) is 162 Å². The van der Waals surface area contributed by atoms with Gasteiger partial charge in [0.2, 0.25) is 35.4 Å². The predicted octanol–water partition coefficient (Wildman–Crippen LogP) is 15.1. The Morgan fingerprint density at radius 3 is 1.21 bits per heavy atom. The van der Waals surface area contributed by atoms with Crippen LogP contribution in [-0.4, -0.2) is 96.8 Å². The number of imidazole rings is 1. The molecular formula is C90H100BrFeN12O9+2. The van der Waals surface area contributed by atoms with Crippen molar-refractivity contribution in [1.82, 2.24) is 40.5 Å². The molecule has 6 amide bonds. The van der Waals surface area contributed by atoms with Crippen LogP contribution in [0, 0.1) is 21.7 Å². The largest absolute Gasteiger partial charge is 3.00 e. The Bertz CT molecular complexity index is 5170. The summed E-state index contributed by atoms with van der Waals surface area (Å²) in [6.45, 7) is 7.69. The molecule has 1 radical (unpaired) electrons. The third kappa shape index (κ3) is 18.0. The van der Waals surface area contributed by atoms with Gasteiger partial charge in [0.1, 0.15) is 6.04 Å². The van der Waals surface area contributed by atoms with E-state index in [9.17, 15) is 28.8 Å². The first-order valence-electron chi connectivity index (χ1n) is 39.7. The van der Waals surface area contributed by atoms with Gasteiger partial charge in [0, 0.05) is 142 Å². The van der Waals surface area contributed by atoms with Crippen molar-refractivity contribution in [3.8, 4) is 44.5 Å². The number of benzene rings is 4. The smallest absolute Gasteiger partial charge is 1.00 e. The van der Waals surface area contributed by atoms with Gasteiger partial charge in [0.05, 0.1) is 48.3 Å². The zero-order chi connectivity index (χ0) is 77.4. The Hall–Kier alpha value is -10.4. The molecule has 4 aromatic carbocycles. The third-order valence-corrected chi connectivity index (χ3v) is 24.0. The average Bonchev–Trinajstić information content (AvgIpc) is 1.61. The van der Waals surface area contributed by atoms with Gasteiger partial charge in [0.15, 0.2) is 5.78 Å². The van der Waals surface area contributed by atoms with Gasteiger partial charge in [-0.25, -0.2) is 19.7 Å². The number of para-hydroxylation sites is 4. The molecular weight excluding hydrogens is 1530 g/mol. The molecule has 9 N–H and O–H groups in total. The number of nitrogens with zero attached hydrogens (tertiary/aromatic N) is 3. The molecule has 6 aliphatic rings. The first-order valence-corrected chi connectivity index (χ1v) is 39.7. The van der Waals surface area contributed by atoms with Gasteiger partial charge >= 0.3 is 23.0 Å². The second kappa shape index (κ2) is 35.8. The SMILES string of the molecule is COC(=O)C(Cc1cnc[nH]1)NC(=O)CNC(=O)CCCC(=O)c1cc2[nH]c1c(-c1ccccc1NC(=O)C1(C)CCCCC1)c1nc(c(-c3ccccc3NC(=O)C3(C)CCCCC3)c3ccc([nH]3)c(-c3ccccc3NC(=O)C3(C)CCCCC3)c3nc(c2-c2ccccc2NC(=O)C2(C)CCCCC2)C=C3)C=C1.[Br-].[Fe+3]. The van der Waals surface area contributed by atoms with Crippen LogP contribution < -0.4 is 48.9 Å². The van der Waals surface area contributed by atoms with Gasteiger partial charge < -0.3 is 68.6 Å². The molecule has 1 unspecified atom stereocenters. The number of aromatic amines is 3. The minimum Gasteiger partial charge on any atom is -1.00 e. The molecule has 4 fully saturated rings. The molecule has 14 rings (SSSR count). The van der Waals surface area contributed by atoms with Crippen molar-refractivity contribution in [2.45, 2.75) is 188 Å². The number of hydrogen-bond acceptors (Lipinski definition) is 12. The van der Waals surface area contributed by atoms with E-state index in [0.717, 1.165) is 116 Å². The van der Waals surface area contributed by atoms with E-state index in [4.69, 9.17) is 14.7 Å². The molecule has 2 aliphatic heterocycles. The van der Waals surface area contributed by atoms with E-state index in [1.54, 1.807) is 6.07 Å². The number of rotatable bonds is 23. The fraction of sp³-hybridized carbons (Fsp3) is 0.389. The van der Waals surface area contributed by atoms with Gasteiger partial charge in [-0.2, -0.15) is 0 Å². The minimum atomic E-state index is -1.06. The summed E-state index contributed by atoms with van der Waals surface area (Å²) in [7, 11) is 1.22. The Morgan fingerprint density at radius 2 is 0.832 bits per heavy atom. The number of Topliss-reactive ketones (excluding diaryl/α,β-unsaturated/α-hetero) is 1. The van der Waals surface area contributed by atoms with Gasteiger partial charge in [0.25, 0.3) is 0 Å². The molecule has 23 heteroatoms. The van der Waals surface area contributed by atoms with E-state index in [1.807, 2.05) is 154 Å². The topological polar surface area (TPSA) is 304 Å². The minimum absolute atomic E-state index is 0. The number of amides is 6.